The van der Waals surface area contributed by atoms with Gasteiger partial charge in [-0.05, 0) is 49.6 Å². The number of carbonyl (C=O) groups excluding carboxylic acids is 1. The Labute approximate surface area is 147 Å². The topological polar surface area (TPSA) is 38.3 Å². The van der Waals surface area contributed by atoms with Crippen LogP contribution in [0.15, 0.2) is 53.4 Å². The van der Waals surface area contributed by atoms with E-state index in [9.17, 15) is 4.79 Å². The molecule has 2 aromatic carbocycles. The first-order chi connectivity index (χ1) is 11.6. The van der Waals surface area contributed by atoms with Crippen molar-refractivity contribution in [3.63, 3.8) is 0 Å². The van der Waals surface area contributed by atoms with Crippen LogP contribution in [-0.2, 0) is 11.3 Å². The Morgan fingerprint density at radius 3 is 2.71 bits per heavy atom. The highest BCUT2D eigenvalue weighted by Crippen LogP contribution is 2.35. The highest BCUT2D eigenvalue weighted by Gasteiger charge is 2.22. The van der Waals surface area contributed by atoms with Crippen LogP contribution in [0, 0.1) is 0 Å². The number of ether oxygens (including phenoxy) is 1. The lowest BCUT2D eigenvalue weighted by molar-refractivity contribution is 0.0656. The third kappa shape index (κ3) is 4.19. The molecule has 1 aliphatic rings. The van der Waals surface area contributed by atoms with Crippen molar-refractivity contribution in [3.05, 3.63) is 65.2 Å². The Hall–Kier alpha value is -1.78. The average Bonchev–Trinajstić information content (AvgIpc) is 2.60. The van der Waals surface area contributed by atoms with E-state index in [1.165, 1.54) is 10.5 Å². The smallest absolute Gasteiger partial charge is 0.251 e. The molecule has 0 aliphatic carbocycles. The van der Waals surface area contributed by atoms with E-state index >= 15 is 0 Å². The Morgan fingerprint density at radius 2 is 1.96 bits per heavy atom. The van der Waals surface area contributed by atoms with Crippen LogP contribution in [0.25, 0.3) is 0 Å². The number of rotatable bonds is 5. The minimum absolute atomic E-state index is 0.0157. The summed E-state index contributed by atoms with van der Waals surface area (Å²) < 4.78 is 5.59. The SMILES string of the molecule is CC(C)OCc1ccc(C(=O)N[C@@H]2CCSc3ccccc32)cc1. The molecule has 0 bridgehead atoms. The summed E-state index contributed by atoms with van der Waals surface area (Å²) in [6.45, 7) is 4.61. The first kappa shape index (κ1) is 17.1. The van der Waals surface area contributed by atoms with E-state index in [0.29, 0.717) is 12.2 Å². The molecule has 4 heteroatoms. The molecule has 0 aromatic heterocycles. The molecule has 24 heavy (non-hydrogen) atoms. The molecule has 126 valence electrons. The molecule has 0 saturated heterocycles. The number of carbonyl (C=O) groups is 1. The Kier molecular flexibility index (Phi) is 5.59. The molecule has 0 saturated carbocycles. The number of fused-ring (bicyclic) bond motifs is 1. The molecular formula is C20H23NO2S. The molecule has 1 heterocycles. The second-order valence-corrected chi connectivity index (χ2v) is 7.39. The monoisotopic (exact) mass is 341 g/mol. The van der Waals surface area contributed by atoms with Gasteiger partial charge < -0.3 is 10.1 Å². The van der Waals surface area contributed by atoms with Crippen LogP contribution >= 0.6 is 11.8 Å². The Balaban J connectivity index is 1.65. The van der Waals surface area contributed by atoms with Gasteiger partial charge in [0.2, 0.25) is 0 Å². The summed E-state index contributed by atoms with van der Waals surface area (Å²) in [5, 5.41) is 3.18. The lowest BCUT2D eigenvalue weighted by Gasteiger charge is -2.25. The predicted molar refractivity (Wildman–Crippen MR) is 98.4 cm³/mol. The maximum absolute atomic E-state index is 12.6. The maximum Gasteiger partial charge on any atom is 0.251 e. The van der Waals surface area contributed by atoms with E-state index in [1.807, 2.05) is 62.0 Å². The normalized spacial score (nSPS) is 16.7. The standard InChI is InChI=1S/C20H23NO2S/c1-14(2)23-13-15-7-9-16(10-8-15)20(22)21-18-11-12-24-19-6-4-3-5-17(18)19/h3-10,14,18H,11-13H2,1-2H3,(H,21,22)/t18-/m1/s1. The first-order valence-electron chi connectivity index (χ1n) is 8.36. The van der Waals surface area contributed by atoms with E-state index in [-0.39, 0.29) is 18.1 Å². The number of hydrogen-bond donors (Lipinski definition) is 1. The van der Waals surface area contributed by atoms with E-state index in [4.69, 9.17) is 4.74 Å². The van der Waals surface area contributed by atoms with Crippen molar-refractivity contribution in [2.45, 2.75) is 43.9 Å². The lowest BCUT2D eigenvalue weighted by atomic mass is 10.0. The molecule has 1 N–H and O–H groups in total. The van der Waals surface area contributed by atoms with Crippen LogP contribution in [0.4, 0.5) is 0 Å². The zero-order chi connectivity index (χ0) is 16.9. The number of amides is 1. The molecule has 0 unspecified atom stereocenters. The van der Waals surface area contributed by atoms with E-state index < -0.39 is 0 Å². The van der Waals surface area contributed by atoms with E-state index in [0.717, 1.165) is 17.7 Å². The summed E-state index contributed by atoms with van der Waals surface area (Å²) in [6.07, 6.45) is 1.17. The molecule has 0 fully saturated rings. The number of nitrogens with one attached hydrogen (secondary N) is 1. The largest absolute Gasteiger partial charge is 0.374 e. The summed E-state index contributed by atoms with van der Waals surface area (Å²) in [6, 6.07) is 16.1. The summed E-state index contributed by atoms with van der Waals surface area (Å²) in [5.74, 6) is 1.02. The van der Waals surface area contributed by atoms with Crippen molar-refractivity contribution in [1.29, 1.82) is 0 Å². The fourth-order valence-electron chi connectivity index (χ4n) is 2.75. The van der Waals surface area contributed by atoms with E-state index in [2.05, 4.69) is 17.4 Å². The minimum atomic E-state index is -0.0157. The summed E-state index contributed by atoms with van der Waals surface area (Å²) in [7, 11) is 0. The van der Waals surface area contributed by atoms with Crippen molar-refractivity contribution >= 4 is 17.7 Å². The van der Waals surface area contributed by atoms with Gasteiger partial charge in [0.1, 0.15) is 0 Å². The molecule has 1 amide bonds. The van der Waals surface area contributed by atoms with Gasteiger partial charge in [0.25, 0.3) is 5.91 Å². The molecule has 0 radical (unpaired) electrons. The van der Waals surface area contributed by atoms with Crippen LogP contribution in [0.3, 0.4) is 0 Å². The minimum Gasteiger partial charge on any atom is -0.374 e. The third-order valence-electron chi connectivity index (χ3n) is 4.06. The summed E-state index contributed by atoms with van der Waals surface area (Å²) >= 11 is 1.86. The van der Waals surface area contributed by atoms with Crippen molar-refractivity contribution < 1.29 is 9.53 Å². The molecule has 3 nitrogen and oxygen atoms in total. The molecule has 2 aromatic rings. The van der Waals surface area contributed by atoms with Crippen LogP contribution in [0.5, 0.6) is 0 Å². The lowest BCUT2D eigenvalue weighted by Crippen LogP contribution is -2.30. The summed E-state index contributed by atoms with van der Waals surface area (Å²) in [4.78, 5) is 13.8. The van der Waals surface area contributed by atoms with E-state index in [1.54, 1.807) is 0 Å². The number of thioether (sulfide) groups is 1. The molecule has 0 spiro atoms. The third-order valence-corrected chi connectivity index (χ3v) is 5.19. The second-order valence-electron chi connectivity index (χ2n) is 6.26. The fourth-order valence-corrected chi connectivity index (χ4v) is 3.87. The number of hydrogen-bond acceptors (Lipinski definition) is 3. The van der Waals surface area contributed by atoms with Gasteiger partial charge in [-0.1, -0.05) is 30.3 Å². The second kappa shape index (κ2) is 7.86. The predicted octanol–water partition coefficient (Wildman–Crippen LogP) is 4.58. The molecule has 3 rings (SSSR count). The maximum atomic E-state index is 12.6. The van der Waals surface area contributed by atoms with Crippen molar-refractivity contribution in [2.24, 2.45) is 0 Å². The Morgan fingerprint density at radius 1 is 1.21 bits per heavy atom. The molecule has 1 atom stereocenters. The quantitative estimate of drug-likeness (QED) is 0.865. The number of benzene rings is 2. The van der Waals surface area contributed by atoms with Gasteiger partial charge in [0.15, 0.2) is 0 Å². The Bertz CT molecular complexity index is 697. The summed E-state index contributed by atoms with van der Waals surface area (Å²) in [5.41, 5.74) is 3.00. The average molecular weight is 341 g/mol. The van der Waals surface area contributed by atoms with Crippen LogP contribution in [0.1, 0.15) is 47.8 Å². The van der Waals surface area contributed by atoms with Crippen LogP contribution in [0.2, 0.25) is 0 Å². The van der Waals surface area contributed by atoms with Gasteiger partial charge in [0, 0.05) is 16.2 Å². The van der Waals surface area contributed by atoms with Gasteiger partial charge >= 0.3 is 0 Å². The van der Waals surface area contributed by atoms with Crippen molar-refractivity contribution in [2.75, 3.05) is 5.75 Å². The van der Waals surface area contributed by atoms with Crippen molar-refractivity contribution in [3.8, 4) is 0 Å². The van der Waals surface area contributed by atoms with Crippen molar-refractivity contribution in [1.82, 2.24) is 5.32 Å². The fraction of sp³-hybridized carbons (Fsp3) is 0.350. The van der Waals surface area contributed by atoms with Gasteiger partial charge in [-0.3, -0.25) is 4.79 Å². The molecule has 1 aliphatic heterocycles. The zero-order valence-electron chi connectivity index (χ0n) is 14.1. The van der Waals surface area contributed by atoms with Gasteiger partial charge in [-0.2, -0.15) is 0 Å². The van der Waals surface area contributed by atoms with Gasteiger partial charge in [-0.15, -0.1) is 11.8 Å². The van der Waals surface area contributed by atoms with Gasteiger partial charge in [0.05, 0.1) is 18.8 Å². The highest BCUT2D eigenvalue weighted by molar-refractivity contribution is 7.99. The highest BCUT2D eigenvalue weighted by atomic mass is 32.2. The van der Waals surface area contributed by atoms with Gasteiger partial charge in [-0.25, -0.2) is 0 Å². The molecular weight excluding hydrogens is 318 g/mol. The first-order valence-corrected chi connectivity index (χ1v) is 9.35. The van der Waals surface area contributed by atoms with Crippen LogP contribution < -0.4 is 5.32 Å². The van der Waals surface area contributed by atoms with Crippen LogP contribution in [-0.4, -0.2) is 17.8 Å². The zero-order valence-corrected chi connectivity index (χ0v) is 14.9.